The smallest absolute Gasteiger partial charge is 0.341 e. The molecule has 0 radical (unpaired) electrons. The number of benzene rings is 1. The van der Waals surface area contributed by atoms with Gasteiger partial charge in [0.25, 0.3) is 0 Å². The molecular weight excluding hydrogens is 270 g/mol. The normalized spacial score (nSPS) is 10.3. The second-order valence-electron chi connectivity index (χ2n) is 3.83. The molecule has 0 amide bonds. The summed E-state index contributed by atoms with van der Waals surface area (Å²) in [4.78, 5) is 11.6. The van der Waals surface area contributed by atoms with Crippen molar-refractivity contribution >= 4 is 23.3 Å². The summed E-state index contributed by atoms with van der Waals surface area (Å²) in [6.07, 6.45) is 0.941. The van der Waals surface area contributed by atoms with Crippen molar-refractivity contribution in [1.29, 1.82) is 0 Å². The van der Waals surface area contributed by atoms with Crippen molar-refractivity contribution in [1.82, 2.24) is 0 Å². The summed E-state index contributed by atoms with van der Waals surface area (Å²) < 4.78 is 15.4. The molecule has 0 aromatic heterocycles. The number of carbonyl (C=O) groups excluding carboxylic acids is 1. The van der Waals surface area contributed by atoms with Crippen LogP contribution in [0.4, 0.5) is 5.69 Å². The van der Waals surface area contributed by atoms with Crippen molar-refractivity contribution in [3.05, 3.63) is 22.7 Å². The van der Waals surface area contributed by atoms with Gasteiger partial charge < -0.3 is 19.9 Å². The molecule has 0 spiro atoms. The quantitative estimate of drug-likeness (QED) is 0.474. The van der Waals surface area contributed by atoms with E-state index in [4.69, 9.17) is 26.8 Å². The number of nitrogens with two attached hydrogens (primary N) is 1. The van der Waals surface area contributed by atoms with Gasteiger partial charge in [0, 0.05) is 12.3 Å². The van der Waals surface area contributed by atoms with Crippen molar-refractivity contribution in [2.75, 3.05) is 32.7 Å². The number of halogens is 1. The van der Waals surface area contributed by atoms with Gasteiger partial charge >= 0.3 is 5.97 Å². The minimum absolute atomic E-state index is 0.211. The summed E-state index contributed by atoms with van der Waals surface area (Å²) in [5, 5.41) is 0.274. The summed E-state index contributed by atoms with van der Waals surface area (Å²) in [7, 11) is 1.29. The SMILES string of the molecule is CCCOCCOc1c(Cl)cc(N)cc1C(=O)OC. The number of hydrogen-bond acceptors (Lipinski definition) is 5. The highest BCUT2D eigenvalue weighted by Crippen LogP contribution is 2.32. The Kier molecular flexibility index (Phi) is 6.45. The van der Waals surface area contributed by atoms with E-state index in [1.54, 1.807) is 0 Å². The summed E-state index contributed by atoms with van der Waals surface area (Å²) in [6, 6.07) is 3.00. The first kappa shape index (κ1) is 15.6. The summed E-state index contributed by atoms with van der Waals surface area (Å²) in [6.45, 7) is 3.42. The molecule has 5 nitrogen and oxygen atoms in total. The van der Waals surface area contributed by atoms with Crippen molar-refractivity contribution in [2.24, 2.45) is 0 Å². The number of rotatable bonds is 7. The Morgan fingerprint density at radius 1 is 1.32 bits per heavy atom. The molecule has 19 heavy (non-hydrogen) atoms. The molecule has 1 aromatic carbocycles. The lowest BCUT2D eigenvalue weighted by Crippen LogP contribution is -2.11. The summed E-state index contributed by atoms with van der Waals surface area (Å²) >= 11 is 6.02. The van der Waals surface area contributed by atoms with Gasteiger partial charge in [-0.15, -0.1) is 0 Å². The Balaban J connectivity index is 2.77. The molecule has 1 aromatic rings. The Labute approximate surface area is 117 Å². The van der Waals surface area contributed by atoms with E-state index in [2.05, 4.69) is 4.74 Å². The van der Waals surface area contributed by atoms with Crippen molar-refractivity contribution in [3.63, 3.8) is 0 Å². The van der Waals surface area contributed by atoms with E-state index >= 15 is 0 Å². The molecule has 0 heterocycles. The number of carbonyl (C=O) groups is 1. The van der Waals surface area contributed by atoms with E-state index in [0.717, 1.165) is 6.42 Å². The van der Waals surface area contributed by atoms with Crippen molar-refractivity contribution < 1.29 is 19.0 Å². The molecule has 0 saturated heterocycles. The molecule has 0 unspecified atom stereocenters. The second kappa shape index (κ2) is 7.86. The second-order valence-corrected chi connectivity index (χ2v) is 4.24. The Morgan fingerprint density at radius 2 is 2.05 bits per heavy atom. The van der Waals surface area contributed by atoms with Crippen molar-refractivity contribution in [3.8, 4) is 5.75 Å². The number of esters is 1. The van der Waals surface area contributed by atoms with Gasteiger partial charge in [0.15, 0.2) is 5.75 Å². The van der Waals surface area contributed by atoms with E-state index in [9.17, 15) is 4.79 Å². The minimum Gasteiger partial charge on any atom is -0.489 e. The van der Waals surface area contributed by atoms with Crippen LogP contribution >= 0.6 is 11.6 Å². The molecule has 0 fully saturated rings. The summed E-state index contributed by atoms with van der Waals surface area (Å²) in [5.74, 6) is -0.276. The van der Waals surface area contributed by atoms with Crippen LogP contribution in [0.25, 0.3) is 0 Å². The minimum atomic E-state index is -0.543. The molecule has 0 saturated carbocycles. The molecule has 0 aliphatic heterocycles. The number of anilines is 1. The number of ether oxygens (including phenoxy) is 3. The molecule has 0 aliphatic rings. The molecule has 1 rings (SSSR count). The molecule has 0 bridgehead atoms. The number of nitrogen functional groups attached to an aromatic ring is 1. The number of hydrogen-bond donors (Lipinski definition) is 1. The lowest BCUT2D eigenvalue weighted by atomic mass is 10.2. The Bertz CT molecular complexity index is 437. The van der Waals surface area contributed by atoms with Gasteiger partial charge in [-0.25, -0.2) is 4.79 Å². The van der Waals surface area contributed by atoms with E-state index in [1.165, 1.54) is 19.2 Å². The van der Waals surface area contributed by atoms with Crippen LogP contribution < -0.4 is 10.5 Å². The zero-order valence-corrected chi connectivity index (χ0v) is 11.8. The van der Waals surface area contributed by atoms with Gasteiger partial charge in [0.05, 0.1) is 18.7 Å². The molecule has 0 atom stereocenters. The fourth-order valence-corrected chi connectivity index (χ4v) is 1.75. The first-order chi connectivity index (χ1) is 9.10. The molecule has 2 N–H and O–H groups in total. The van der Waals surface area contributed by atoms with Crippen LogP contribution in [0.5, 0.6) is 5.75 Å². The van der Waals surface area contributed by atoms with Gasteiger partial charge in [-0.05, 0) is 18.6 Å². The third-order valence-electron chi connectivity index (χ3n) is 2.29. The van der Waals surface area contributed by atoms with Crippen molar-refractivity contribution in [2.45, 2.75) is 13.3 Å². The van der Waals surface area contributed by atoms with Gasteiger partial charge in [-0.2, -0.15) is 0 Å². The van der Waals surface area contributed by atoms with Crippen LogP contribution in [0, 0.1) is 0 Å². The third-order valence-corrected chi connectivity index (χ3v) is 2.57. The zero-order chi connectivity index (χ0) is 14.3. The van der Waals surface area contributed by atoms with Gasteiger partial charge in [0.2, 0.25) is 0 Å². The molecular formula is C13H18ClNO4. The zero-order valence-electron chi connectivity index (χ0n) is 11.1. The maximum Gasteiger partial charge on any atom is 0.341 e. The predicted octanol–water partition coefficient (Wildman–Crippen LogP) is 2.51. The van der Waals surface area contributed by atoms with Crippen LogP contribution in [0.1, 0.15) is 23.7 Å². The molecule has 0 aliphatic carbocycles. The molecule has 6 heteroatoms. The first-order valence-corrected chi connectivity index (χ1v) is 6.35. The van der Waals surface area contributed by atoms with E-state index < -0.39 is 5.97 Å². The van der Waals surface area contributed by atoms with Gasteiger partial charge in [-0.3, -0.25) is 0 Å². The number of methoxy groups -OCH3 is 1. The monoisotopic (exact) mass is 287 g/mol. The fraction of sp³-hybridized carbons (Fsp3) is 0.462. The van der Waals surface area contributed by atoms with Crippen LogP contribution in [-0.4, -0.2) is 32.9 Å². The van der Waals surface area contributed by atoms with Crippen LogP contribution in [0.15, 0.2) is 12.1 Å². The predicted molar refractivity (Wildman–Crippen MR) is 73.8 cm³/mol. The fourth-order valence-electron chi connectivity index (χ4n) is 1.47. The van der Waals surface area contributed by atoms with Crippen LogP contribution in [0.2, 0.25) is 5.02 Å². The first-order valence-electron chi connectivity index (χ1n) is 5.98. The topological polar surface area (TPSA) is 70.8 Å². The average molecular weight is 288 g/mol. The highest BCUT2D eigenvalue weighted by Gasteiger charge is 2.17. The lowest BCUT2D eigenvalue weighted by molar-refractivity contribution is 0.0591. The molecule has 106 valence electrons. The lowest BCUT2D eigenvalue weighted by Gasteiger charge is -2.13. The van der Waals surface area contributed by atoms with Gasteiger partial charge in [0.1, 0.15) is 12.2 Å². The highest BCUT2D eigenvalue weighted by molar-refractivity contribution is 6.33. The largest absolute Gasteiger partial charge is 0.489 e. The van der Waals surface area contributed by atoms with Crippen LogP contribution in [0.3, 0.4) is 0 Å². The maximum absolute atomic E-state index is 11.6. The summed E-state index contributed by atoms with van der Waals surface area (Å²) in [5.41, 5.74) is 6.23. The maximum atomic E-state index is 11.6. The average Bonchev–Trinajstić information content (AvgIpc) is 2.39. The van der Waals surface area contributed by atoms with E-state index in [-0.39, 0.29) is 16.3 Å². The van der Waals surface area contributed by atoms with E-state index in [0.29, 0.717) is 25.5 Å². The van der Waals surface area contributed by atoms with Gasteiger partial charge in [-0.1, -0.05) is 18.5 Å². The standard InChI is InChI=1S/C13H18ClNO4/c1-3-4-18-5-6-19-12-10(13(16)17-2)7-9(15)8-11(12)14/h7-8H,3-6,15H2,1-2H3. The Hall–Kier alpha value is -1.46. The van der Waals surface area contributed by atoms with Crippen LogP contribution in [-0.2, 0) is 9.47 Å². The third kappa shape index (κ3) is 4.61. The Morgan fingerprint density at radius 3 is 2.68 bits per heavy atom. The van der Waals surface area contributed by atoms with E-state index in [1.807, 2.05) is 6.92 Å². The highest BCUT2D eigenvalue weighted by atomic mass is 35.5.